The van der Waals surface area contributed by atoms with Gasteiger partial charge in [-0.05, 0) is 25.3 Å². The first-order chi connectivity index (χ1) is 10.6. The van der Waals surface area contributed by atoms with Gasteiger partial charge in [0.2, 0.25) is 0 Å². The highest BCUT2D eigenvalue weighted by atomic mass is 32.1. The molecule has 4 nitrogen and oxygen atoms in total. The molecule has 7 heteroatoms. The van der Waals surface area contributed by atoms with Crippen LogP contribution in [-0.4, -0.2) is 22.4 Å². The van der Waals surface area contributed by atoms with Crippen molar-refractivity contribution >= 4 is 39.9 Å². The van der Waals surface area contributed by atoms with E-state index >= 15 is 0 Å². The molecule has 0 fully saturated rings. The van der Waals surface area contributed by atoms with E-state index in [1.165, 1.54) is 16.2 Å². The molecule has 1 N–H and O–H groups in total. The van der Waals surface area contributed by atoms with Gasteiger partial charge in [-0.15, -0.1) is 34.0 Å². The first-order valence-corrected chi connectivity index (χ1v) is 9.41. The molecule has 3 rings (SSSR count). The molecule has 0 aliphatic heterocycles. The van der Waals surface area contributed by atoms with E-state index < -0.39 is 0 Å². The highest BCUT2D eigenvalue weighted by Crippen LogP contribution is 2.27. The van der Waals surface area contributed by atoms with E-state index in [1.807, 2.05) is 29.8 Å². The molecule has 0 bridgehead atoms. The van der Waals surface area contributed by atoms with Gasteiger partial charge in [-0.2, -0.15) is 0 Å². The average molecular weight is 350 g/mol. The Labute approximate surface area is 140 Å². The van der Waals surface area contributed by atoms with Crippen LogP contribution in [0, 0.1) is 13.8 Å². The maximum Gasteiger partial charge on any atom is 0.270 e. The van der Waals surface area contributed by atoms with Gasteiger partial charge in [-0.3, -0.25) is 4.79 Å². The zero-order valence-electron chi connectivity index (χ0n) is 12.3. The number of hydrogen-bond donors (Lipinski definition) is 1. The second kappa shape index (κ2) is 6.68. The van der Waals surface area contributed by atoms with E-state index in [0.29, 0.717) is 12.2 Å². The number of nitrogens with one attached hydrogen (secondary N) is 1. The normalized spacial score (nSPS) is 10.8. The molecule has 0 aromatic carbocycles. The van der Waals surface area contributed by atoms with Gasteiger partial charge in [0.1, 0.15) is 10.7 Å². The van der Waals surface area contributed by atoms with Gasteiger partial charge < -0.3 is 5.32 Å². The van der Waals surface area contributed by atoms with Crippen molar-refractivity contribution in [3.8, 4) is 9.88 Å². The number of aromatic nitrogens is 2. The lowest BCUT2D eigenvalue weighted by Gasteiger charge is -2.00. The number of thiazole rings is 2. The molecule has 0 aliphatic carbocycles. The van der Waals surface area contributed by atoms with Crippen molar-refractivity contribution in [2.75, 3.05) is 6.54 Å². The minimum atomic E-state index is -0.121. The molecule has 0 atom stereocenters. The summed E-state index contributed by atoms with van der Waals surface area (Å²) in [5.74, 6) is -0.121. The molecule has 0 unspecified atom stereocenters. The van der Waals surface area contributed by atoms with Crippen LogP contribution < -0.4 is 5.32 Å². The zero-order chi connectivity index (χ0) is 15.5. The summed E-state index contributed by atoms with van der Waals surface area (Å²) in [6.45, 7) is 4.66. The smallest absolute Gasteiger partial charge is 0.270 e. The molecule has 0 saturated carbocycles. The molecule has 1 amide bonds. The van der Waals surface area contributed by atoms with E-state index in [9.17, 15) is 4.79 Å². The van der Waals surface area contributed by atoms with Gasteiger partial charge in [0.05, 0.1) is 15.6 Å². The molecule has 0 spiro atoms. The van der Waals surface area contributed by atoms with E-state index in [2.05, 4.69) is 22.2 Å². The third-order valence-electron chi connectivity index (χ3n) is 3.17. The highest BCUT2D eigenvalue weighted by Gasteiger charge is 2.12. The van der Waals surface area contributed by atoms with Crippen LogP contribution in [0.25, 0.3) is 9.88 Å². The van der Waals surface area contributed by atoms with Crippen LogP contribution in [0.5, 0.6) is 0 Å². The molecular formula is C15H15N3OS3. The second-order valence-corrected chi connectivity index (χ2v) is 7.86. The monoisotopic (exact) mass is 349 g/mol. The van der Waals surface area contributed by atoms with Crippen LogP contribution in [0.2, 0.25) is 0 Å². The van der Waals surface area contributed by atoms with Gasteiger partial charge >= 0.3 is 0 Å². The Morgan fingerprint density at radius 1 is 1.27 bits per heavy atom. The second-order valence-electron chi connectivity index (χ2n) is 4.77. The molecule has 3 heterocycles. The Morgan fingerprint density at radius 2 is 2.14 bits per heavy atom. The lowest BCUT2D eigenvalue weighted by atomic mass is 10.4. The molecule has 114 valence electrons. The molecule has 0 aliphatic rings. The summed E-state index contributed by atoms with van der Waals surface area (Å²) < 4.78 is 0. The zero-order valence-corrected chi connectivity index (χ0v) is 14.7. The highest BCUT2D eigenvalue weighted by molar-refractivity contribution is 7.20. The first-order valence-electron chi connectivity index (χ1n) is 6.84. The Bertz CT molecular complexity index is 754. The number of hydrogen-bond acceptors (Lipinski definition) is 6. The lowest BCUT2D eigenvalue weighted by Crippen LogP contribution is -2.25. The van der Waals surface area contributed by atoms with E-state index in [4.69, 9.17) is 0 Å². The van der Waals surface area contributed by atoms with Crippen LogP contribution in [0.4, 0.5) is 0 Å². The fourth-order valence-electron chi connectivity index (χ4n) is 1.91. The Balaban J connectivity index is 1.56. The fourth-order valence-corrected chi connectivity index (χ4v) is 4.46. The van der Waals surface area contributed by atoms with Gasteiger partial charge in [0.25, 0.3) is 5.91 Å². The molecule has 22 heavy (non-hydrogen) atoms. The van der Waals surface area contributed by atoms with Crippen LogP contribution >= 0.6 is 34.0 Å². The summed E-state index contributed by atoms with van der Waals surface area (Å²) in [5, 5.41) is 8.68. The first kappa shape index (κ1) is 15.3. The van der Waals surface area contributed by atoms with E-state index in [-0.39, 0.29) is 5.91 Å². The van der Waals surface area contributed by atoms with Crippen molar-refractivity contribution in [2.45, 2.75) is 20.3 Å². The largest absolute Gasteiger partial charge is 0.350 e. The Hall–Kier alpha value is -1.57. The number of carbonyl (C=O) groups excluding carboxylic acids is 1. The third kappa shape index (κ3) is 3.43. The maximum absolute atomic E-state index is 12.1. The topological polar surface area (TPSA) is 54.9 Å². The summed E-state index contributed by atoms with van der Waals surface area (Å²) in [7, 11) is 0. The fraction of sp³-hybridized carbons (Fsp3) is 0.267. The number of carbonyl (C=O) groups is 1. The molecule has 0 saturated heterocycles. The molecule has 3 aromatic rings. The van der Waals surface area contributed by atoms with E-state index in [0.717, 1.165) is 27.0 Å². The predicted molar refractivity (Wildman–Crippen MR) is 93.1 cm³/mol. The minimum absolute atomic E-state index is 0.121. The van der Waals surface area contributed by atoms with Crippen molar-refractivity contribution in [3.63, 3.8) is 0 Å². The van der Waals surface area contributed by atoms with Gasteiger partial charge in [-0.25, -0.2) is 9.97 Å². The standard InChI is InChI=1S/C15H15N3OS3/c1-9-10(2)22-13(17-9)5-6-16-14(19)11-8-21-15(18-11)12-4-3-7-20-12/h3-4,7-8H,5-6H2,1-2H3,(H,16,19). The predicted octanol–water partition coefficient (Wildman–Crippen LogP) is 3.92. The van der Waals surface area contributed by atoms with E-state index in [1.54, 1.807) is 22.7 Å². The third-order valence-corrected chi connectivity index (χ3v) is 6.18. The SMILES string of the molecule is Cc1nc(CCNC(=O)c2csc(-c3cccs3)n2)sc1C. The number of aryl methyl sites for hydroxylation is 2. The minimum Gasteiger partial charge on any atom is -0.350 e. The van der Waals surface area contributed by atoms with Gasteiger partial charge in [0.15, 0.2) is 0 Å². The number of thiophene rings is 1. The van der Waals surface area contributed by atoms with Crippen molar-refractivity contribution in [1.82, 2.24) is 15.3 Å². The molecule has 0 radical (unpaired) electrons. The Morgan fingerprint density at radius 3 is 2.82 bits per heavy atom. The summed E-state index contributed by atoms with van der Waals surface area (Å²) in [4.78, 5) is 23.3. The summed E-state index contributed by atoms with van der Waals surface area (Å²) in [6, 6.07) is 4.00. The van der Waals surface area contributed by atoms with Crippen LogP contribution in [0.15, 0.2) is 22.9 Å². The number of nitrogens with zero attached hydrogens (tertiary/aromatic N) is 2. The van der Waals surface area contributed by atoms with Gasteiger partial charge in [0, 0.05) is 23.2 Å². The molecular weight excluding hydrogens is 334 g/mol. The summed E-state index contributed by atoms with van der Waals surface area (Å²) in [5.41, 5.74) is 1.56. The van der Waals surface area contributed by atoms with Crippen LogP contribution in [0.1, 0.15) is 26.1 Å². The average Bonchev–Trinajstić information content (AvgIpc) is 3.21. The van der Waals surface area contributed by atoms with Crippen molar-refractivity contribution < 1.29 is 4.79 Å². The van der Waals surface area contributed by atoms with Crippen molar-refractivity contribution in [2.24, 2.45) is 0 Å². The lowest BCUT2D eigenvalue weighted by molar-refractivity contribution is 0.0950. The maximum atomic E-state index is 12.1. The summed E-state index contributed by atoms with van der Waals surface area (Å²) >= 11 is 4.82. The number of rotatable bonds is 5. The summed E-state index contributed by atoms with van der Waals surface area (Å²) in [6.07, 6.45) is 0.757. The quantitative estimate of drug-likeness (QED) is 0.759. The van der Waals surface area contributed by atoms with Crippen molar-refractivity contribution in [3.05, 3.63) is 44.2 Å². The van der Waals surface area contributed by atoms with Gasteiger partial charge in [-0.1, -0.05) is 6.07 Å². The number of amides is 1. The Kier molecular flexibility index (Phi) is 4.66. The molecule has 3 aromatic heterocycles. The van der Waals surface area contributed by atoms with Crippen LogP contribution in [0.3, 0.4) is 0 Å². The van der Waals surface area contributed by atoms with Crippen LogP contribution in [-0.2, 0) is 6.42 Å². The van der Waals surface area contributed by atoms with Crippen molar-refractivity contribution in [1.29, 1.82) is 0 Å².